The summed E-state index contributed by atoms with van der Waals surface area (Å²) in [5, 5.41) is 3.23. The summed E-state index contributed by atoms with van der Waals surface area (Å²) < 4.78 is 26.7. The first-order chi connectivity index (χ1) is 20.7. The van der Waals surface area contributed by atoms with Gasteiger partial charge in [0.15, 0.2) is 6.10 Å². The quantitative estimate of drug-likeness (QED) is 0.183. The number of hydrogen-bond acceptors (Lipinski definition) is 5. The van der Waals surface area contributed by atoms with Crippen molar-refractivity contribution in [2.75, 3.05) is 6.61 Å². The van der Waals surface area contributed by atoms with Gasteiger partial charge in [-0.1, -0.05) is 133 Å². The summed E-state index contributed by atoms with van der Waals surface area (Å²) in [6.45, 7) is 14.9. The van der Waals surface area contributed by atoms with Crippen LogP contribution < -0.4 is 5.32 Å². The maximum atomic E-state index is 14.0. The number of carbonyl (C=O) groups is 1. The maximum absolute atomic E-state index is 14.0. The van der Waals surface area contributed by atoms with Crippen LogP contribution in [0.5, 0.6) is 0 Å². The largest absolute Gasteiger partial charge is 0.402 e. The second kappa shape index (κ2) is 15.8. The lowest BCUT2D eigenvalue weighted by Gasteiger charge is -2.49. The Bertz CT molecular complexity index is 1220. The molecule has 0 unspecified atom stereocenters. The third-order valence-electron chi connectivity index (χ3n) is 8.62. The van der Waals surface area contributed by atoms with Crippen molar-refractivity contribution < 1.29 is 23.4 Å². The minimum atomic E-state index is -2.44. The first-order valence-electron chi connectivity index (χ1n) is 15.6. The highest BCUT2D eigenvalue weighted by molar-refractivity contribution is 6.77. The van der Waals surface area contributed by atoms with E-state index in [9.17, 15) is 4.79 Å². The lowest BCUT2D eigenvalue weighted by atomic mass is 9.95. The molecule has 232 valence electrons. The van der Waals surface area contributed by atoms with Crippen LogP contribution in [0.4, 0.5) is 0 Å². The van der Waals surface area contributed by atoms with E-state index in [1.165, 1.54) is 0 Å². The molecular weight excluding hydrogens is 554 g/mol. The highest BCUT2D eigenvalue weighted by atomic mass is 28.4. The molecule has 43 heavy (non-hydrogen) atoms. The van der Waals surface area contributed by atoms with E-state index in [2.05, 4.69) is 46.9 Å². The van der Waals surface area contributed by atoms with Crippen LogP contribution in [-0.2, 0) is 43.3 Å². The number of hydrogen-bond donors (Lipinski definition) is 1. The van der Waals surface area contributed by atoms with Gasteiger partial charge in [0, 0.05) is 0 Å². The van der Waals surface area contributed by atoms with Crippen LogP contribution in [-0.4, -0.2) is 45.2 Å². The van der Waals surface area contributed by atoms with E-state index in [1.807, 2.05) is 91.0 Å². The van der Waals surface area contributed by atoms with Crippen LogP contribution in [0.15, 0.2) is 91.0 Å². The molecule has 0 radical (unpaired) electrons. The van der Waals surface area contributed by atoms with Gasteiger partial charge in [-0.15, -0.1) is 0 Å². The Hall–Kier alpha value is -2.81. The van der Waals surface area contributed by atoms with Gasteiger partial charge in [-0.25, -0.2) is 0 Å². The molecule has 3 aromatic rings. The molecule has 1 aliphatic heterocycles. The predicted molar refractivity (Wildman–Crippen MR) is 174 cm³/mol. The number of carbonyl (C=O) groups excluding carboxylic acids is 1. The minimum Gasteiger partial charge on any atom is -0.402 e. The van der Waals surface area contributed by atoms with E-state index >= 15 is 0 Å². The number of benzene rings is 3. The Labute approximate surface area is 259 Å². The van der Waals surface area contributed by atoms with E-state index in [4.69, 9.17) is 18.6 Å². The predicted octanol–water partition coefficient (Wildman–Crippen LogP) is 7.43. The van der Waals surface area contributed by atoms with Crippen molar-refractivity contribution >= 4 is 14.2 Å². The molecule has 0 aromatic heterocycles. The zero-order chi connectivity index (χ0) is 30.8. The average molecular weight is 604 g/mol. The van der Waals surface area contributed by atoms with Crippen molar-refractivity contribution in [2.24, 2.45) is 0 Å². The van der Waals surface area contributed by atoms with E-state index in [0.29, 0.717) is 43.1 Å². The van der Waals surface area contributed by atoms with E-state index < -0.39 is 32.7 Å². The van der Waals surface area contributed by atoms with Gasteiger partial charge in [-0.05, 0) is 33.3 Å². The second-order valence-corrected chi connectivity index (χ2v) is 17.9. The molecule has 1 fully saturated rings. The van der Waals surface area contributed by atoms with Gasteiger partial charge in [0.25, 0.3) is 5.91 Å². The normalized spacial score (nSPS) is 21.0. The molecule has 4 rings (SSSR count). The van der Waals surface area contributed by atoms with Crippen LogP contribution in [0.2, 0.25) is 16.6 Å². The lowest BCUT2D eigenvalue weighted by molar-refractivity contribution is -0.178. The van der Waals surface area contributed by atoms with E-state index in [1.54, 1.807) is 0 Å². The van der Waals surface area contributed by atoms with Crippen molar-refractivity contribution in [1.82, 2.24) is 5.32 Å². The summed E-state index contributed by atoms with van der Waals surface area (Å²) in [5.74, 6) is -0.162. The fraction of sp³-hybridized carbons (Fsp3) is 0.472. The standard InChI is InChI=1S/C36H49NO5Si/c1-26(2)43(27(3)4,28(5)6)42-35-34(41-24-31-20-14-9-15-21-31)33(40-23-30-18-12-8-13-19-30)32(37-36(35)38)25-39-22-29-16-10-7-11-17-29/h7-21,26-28,32-35H,22-25H2,1-6H3,(H,37,38)/t32-,33-,34+,35-/m1/s1. The fourth-order valence-electron chi connectivity index (χ4n) is 6.59. The first kappa shape index (κ1) is 33.1. The number of ether oxygens (including phenoxy) is 3. The highest BCUT2D eigenvalue weighted by Gasteiger charge is 2.53. The van der Waals surface area contributed by atoms with Gasteiger partial charge >= 0.3 is 0 Å². The third kappa shape index (κ3) is 8.43. The lowest BCUT2D eigenvalue weighted by Crippen LogP contribution is -2.68. The molecule has 1 heterocycles. The minimum absolute atomic E-state index is 0.162. The molecule has 1 saturated heterocycles. The third-order valence-corrected chi connectivity index (χ3v) is 14.7. The van der Waals surface area contributed by atoms with Gasteiger partial charge in [0.1, 0.15) is 12.2 Å². The SMILES string of the molecule is CC(C)[Si](O[C@H]1C(=O)N[C@H](COCc2ccccc2)[C@@H](OCc2ccccc2)[C@@H]1OCc1ccccc1)(C(C)C)C(C)C. The van der Waals surface area contributed by atoms with Crippen LogP contribution in [0.1, 0.15) is 58.2 Å². The second-order valence-electron chi connectivity index (χ2n) is 12.5. The van der Waals surface area contributed by atoms with Gasteiger partial charge in [0.2, 0.25) is 8.32 Å². The van der Waals surface area contributed by atoms with Crippen molar-refractivity contribution in [2.45, 2.75) is 102 Å². The Morgan fingerprint density at radius 2 is 1.05 bits per heavy atom. The van der Waals surface area contributed by atoms with Gasteiger partial charge < -0.3 is 24.0 Å². The van der Waals surface area contributed by atoms with Crippen molar-refractivity contribution in [3.8, 4) is 0 Å². The summed E-state index contributed by atoms with van der Waals surface area (Å²) in [6, 6.07) is 29.8. The molecular formula is C36H49NO5Si. The molecule has 0 aliphatic carbocycles. The number of nitrogens with one attached hydrogen (secondary N) is 1. The van der Waals surface area contributed by atoms with E-state index in [-0.39, 0.29) is 5.91 Å². The van der Waals surface area contributed by atoms with E-state index in [0.717, 1.165) is 16.7 Å². The smallest absolute Gasteiger partial charge is 0.251 e. The van der Waals surface area contributed by atoms with Crippen LogP contribution in [0.3, 0.4) is 0 Å². The molecule has 1 amide bonds. The summed E-state index contributed by atoms with van der Waals surface area (Å²) >= 11 is 0. The van der Waals surface area contributed by atoms with Gasteiger partial charge in [-0.2, -0.15) is 0 Å². The number of rotatable bonds is 15. The van der Waals surface area contributed by atoms with Crippen LogP contribution in [0.25, 0.3) is 0 Å². The molecule has 1 aliphatic rings. The summed E-state index contributed by atoms with van der Waals surface area (Å²) in [7, 11) is -2.44. The topological polar surface area (TPSA) is 66.0 Å². The molecule has 3 aromatic carbocycles. The maximum Gasteiger partial charge on any atom is 0.251 e. The van der Waals surface area contributed by atoms with Crippen LogP contribution >= 0.6 is 0 Å². The Kier molecular flexibility index (Phi) is 12.1. The molecule has 4 atom stereocenters. The molecule has 7 heteroatoms. The van der Waals surface area contributed by atoms with Gasteiger partial charge in [-0.3, -0.25) is 4.79 Å². The molecule has 6 nitrogen and oxygen atoms in total. The van der Waals surface area contributed by atoms with Crippen molar-refractivity contribution in [1.29, 1.82) is 0 Å². The summed E-state index contributed by atoms with van der Waals surface area (Å²) in [4.78, 5) is 14.0. The molecule has 0 saturated carbocycles. The monoisotopic (exact) mass is 603 g/mol. The number of amides is 1. The Morgan fingerprint density at radius 1 is 0.628 bits per heavy atom. The zero-order valence-corrected chi connectivity index (χ0v) is 27.6. The van der Waals surface area contributed by atoms with Crippen molar-refractivity contribution in [3.63, 3.8) is 0 Å². The molecule has 0 bridgehead atoms. The zero-order valence-electron chi connectivity index (χ0n) is 26.6. The Balaban J connectivity index is 1.66. The van der Waals surface area contributed by atoms with Crippen molar-refractivity contribution in [3.05, 3.63) is 108 Å². The molecule has 0 spiro atoms. The molecule has 1 N–H and O–H groups in total. The first-order valence-corrected chi connectivity index (χ1v) is 17.8. The summed E-state index contributed by atoms with van der Waals surface area (Å²) in [5.41, 5.74) is 4.09. The van der Waals surface area contributed by atoms with Gasteiger partial charge in [0.05, 0.1) is 32.5 Å². The number of piperidine rings is 1. The Morgan fingerprint density at radius 3 is 1.49 bits per heavy atom. The summed E-state index contributed by atoms with van der Waals surface area (Å²) in [6.07, 6.45) is -1.90. The fourth-order valence-corrected chi connectivity index (χ4v) is 12.1. The highest BCUT2D eigenvalue weighted by Crippen LogP contribution is 2.44. The van der Waals surface area contributed by atoms with Crippen LogP contribution in [0, 0.1) is 0 Å². The average Bonchev–Trinajstić information content (AvgIpc) is 3.00.